The Bertz CT molecular complexity index is 578. The Morgan fingerprint density at radius 1 is 1.48 bits per heavy atom. The zero-order valence-electron chi connectivity index (χ0n) is 12.6. The number of hydrogen-bond acceptors (Lipinski definition) is 5. The van der Waals surface area contributed by atoms with Crippen LogP contribution < -0.4 is 5.32 Å². The van der Waals surface area contributed by atoms with Gasteiger partial charge in [-0.15, -0.1) is 0 Å². The van der Waals surface area contributed by atoms with Crippen molar-refractivity contribution in [3.63, 3.8) is 0 Å². The lowest BCUT2D eigenvalue weighted by molar-refractivity contribution is -0.0324. The molecular formula is C15H22N4O2. The van der Waals surface area contributed by atoms with Crippen LogP contribution in [-0.2, 0) is 18.3 Å². The fourth-order valence-corrected chi connectivity index (χ4v) is 2.92. The van der Waals surface area contributed by atoms with E-state index in [1.807, 2.05) is 37.0 Å². The summed E-state index contributed by atoms with van der Waals surface area (Å²) in [6, 6.07) is 4.01. The molecule has 2 aromatic rings. The van der Waals surface area contributed by atoms with Crippen molar-refractivity contribution in [2.75, 3.05) is 13.2 Å². The van der Waals surface area contributed by atoms with Gasteiger partial charge >= 0.3 is 0 Å². The third-order valence-electron chi connectivity index (χ3n) is 3.98. The predicted octanol–water partition coefficient (Wildman–Crippen LogP) is 1.97. The third-order valence-corrected chi connectivity index (χ3v) is 3.98. The molecular weight excluding hydrogens is 268 g/mol. The minimum Gasteiger partial charge on any atom is -0.372 e. The van der Waals surface area contributed by atoms with E-state index in [0.717, 1.165) is 43.1 Å². The van der Waals surface area contributed by atoms with Crippen molar-refractivity contribution in [3.05, 3.63) is 35.5 Å². The van der Waals surface area contributed by atoms with E-state index in [2.05, 4.69) is 15.6 Å². The SMILES string of the molecule is Cc1cc(CNC[C@@H]2CCCO[C@H]2c2ccnn2C)on1. The van der Waals surface area contributed by atoms with E-state index < -0.39 is 0 Å². The van der Waals surface area contributed by atoms with Gasteiger partial charge in [0.05, 0.1) is 17.9 Å². The van der Waals surface area contributed by atoms with Gasteiger partial charge in [0, 0.05) is 38.4 Å². The molecule has 1 aliphatic rings. The van der Waals surface area contributed by atoms with Crippen molar-refractivity contribution in [1.29, 1.82) is 0 Å². The van der Waals surface area contributed by atoms with Crippen molar-refractivity contribution in [3.8, 4) is 0 Å². The summed E-state index contributed by atoms with van der Waals surface area (Å²) in [6.07, 6.45) is 4.23. The molecule has 1 N–H and O–H groups in total. The smallest absolute Gasteiger partial charge is 0.150 e. The number of aromatic nitrogens is 3. The first kappa shape index (κ1) is 14.3. The topological polar surface area (TPSA) is 65.1 Å². The number of hydrogen-bond donors (Lipinski definition) is 1. The Morgan fingerprint density at radius 3 is 3.10 bits per heavy atom. The fourth-order valence-electron chi connectivity index (χ4n) is 2.92. The molecule has 0 amide bonds. The van der Waals surface area contributed by atoms with Gasteiger partial charge in [-0.3, -0.25) is 4.68 Å². The predicted molar refractivity (Wildman–Crippen MR) is 77.6 cm³/mol. The summed E-state index contributed by atoms with van der Waals surface area (Å²) in [4.78, 5) is 0. The van der Waals surface area contributed by atoms with E-state index in [1.54, 1.807) is 0 Å². The summed E-state index contributed by atoms with van der Waals surface area (Å²) in [6.45, 7) is 4.36. The molecule has 3 heterocycles. The Morgan fingerprint density at radius 2 is 2.38 bits per heavy atom. The summed E-state index contributed by atoms with van der Waals surface area (Å²) in [5.41, 5.74) is 2.07. The summed E-state index contributed by atoms with van der Waals surface area (Å²) < 4.78 is 13.1. The number of aryl methyl sites for hydroxylation is 2. The van der Waals surface area contributed by atoms with E-state index in [9.17, 15) is 0 Å². The Kier molecular flexibility index (Phi) is 4.36. The van der Waals surface area contributed by atoms with Crippen molar-refractivity contribution in [1.82, 2.24) is 20.3 Å². The highest BCUT2D eigenvalue weighted by atomic mass is 16.5. The van der Waals surface area contributed by atoms with Gasteiger partial charge in [-0.2, -0.15) is 5.10 Å². The van der Waals surface area contributed by atoms with Crippen molar-refractivity contribution in [2.24, 2.45) is 13.0 Å². The van der Waals surface area contributed by atoms with Gasteiger partial charge < -0.3 is 14.6 Å². The molecule has 0 spiro atoms. The molecule has 1 fully saturated rings. The lowest BCUT2D eigenvalue weighted by Crippen LogP contribution is -2.32. The molecule has 1 aliphatic heterocycles. The standard InChI is InChI=1S/C15H22N4O2/c1-11-8-13(21-18-11)10-16-9-12-4-3-7-20-15(12)14-5-6-17-19(14)2/h5-6,8,12,15-16H,3-4,7,9-10H2,1-2H3/t12-,15+/m0/s1. The van der Waals surface area contributed by atoms with Crippen LogP contribution in [0, 0.1) is 12.8 Å². The molecule has 0 unspecified atom stereocenters. The van der Waals surface area contributed by atoms with Crippen molar-refractivity contribution in [2.45, 2.75) is 32.4 Å². The zero-order valence-corrected chi connectivity index (χ0v) is 12.6. The fraction of sp³-hybridized carbons (Fsp3) is 0.600. The van der Waals surface area contributed by atoms with Crippen molar-refractivity contribution < 1.29 is 9.26 Å². The van der Waals surface area contributed by atoms with E-state index in [1.165, 1.54) is 0 Å². The lowest BCUT2D eigenvalue weighted by atomic mass is 9.92. The van der Waals surface area contributed by atoms with E-state index in [0.29, 0.717) is 12.5 Å². The molecule has 1 saturated heterocycles. The van der Waals surface area contributed by atoms with E-state index in [-0.39, 0.29) is 6.10 Å². The summed E-state index contributed by atoms with van der Waals surface area (Å²) >= 11 is 0. The van der Waals surface area contributed by atoms with E-state index in [4.69, 9.17) is 9.26 Å². The number of nitrogens with one attached hydrogen (secondary N) is 1. The first-order valence-electron chi connectivity index (χ1n) is 7.46. The summed E-state index contributed by atoms with van der Waals surface area (Å²) in [5.74, 6) is 1.33. The maximum atomic E-state index is 5.99. The molecule has 0 bridgehead atoms. The van der Waals surface area contributed by atoms with Gasteiger partial charge in [-0.1, -0.05) is 5.16 Å². The van der Waals surface area contributed by atoms with Crippen LogP contribution in [0.5, 0.6) is 0 Å². The van der Waals surface area contributed by atoms with Crippen LogP contribution in [0.3, 0.4) is 0 Å². The summed E-state index contributed by atoms with van der Waals surface area (Å²) in [5, 5.41) is 11.6. The number of ether oxygens (including phenoxy) is 1. The summed E-state index contributed by atoms with van der Waals surface area (Å²) in [7, 11) is 1.97. The number of nitrogens with zero attached hydrogens (tertiary/aromatic N) is 3. The molecule has 0 radical (unpaired) electrons. The molecule has 0 saturated carbocycles. The largest absolute Gasteiger partial charge is 0.372 e. The van der Waals surface area contributed by atoms with Gasteiger partial charge in [0.2, 0.25) is 0 Å². The first-order chi connectivity index (χ1) is 10.2. The third kappa shape index (κ3) is 3.33. The zero-order chi connectivity index (χ0) is 14.7. The minimum absolute atomic E-state index is 0.121. The van der Waals surface area contributed by atoms with Crippen molar-refractivity contribution >= 4 is 0 Å². The molecule has 2 atom stereocenters. The van der Waals surface area contributed by atoms with Crippen LogP contribution in [0.2, 0.25) is 0 Å². The maximum absolute atomic E-state index is 5.99. The lowest BCUT2D eigenvalue weighted by Gasteiger charge is -2.32. The molecule has 6 nitrogen and oxygen atoms in total. The molecule has 2 aromatic heterocycles. The van der Waals surface area contributed by atoms with Gasteiger partial charge in [0.1, 0.15) is 6.10 Å². The average molecular weight is 290 g/mol. The second-order valence-corrected chi connectivity index (χ2v) is 5.64. The Balaban J connectivity index is 1.58. The second kappa shape index (κ2) is 6.41. The molecule has 114 valence electrons. The Labute approximate surface area is 124 Å². The molecule has 0 aromatic carbocycles. The molecule has 21 heavy (non-hydrogen) atoms. The van der Waals surface area contributed by atoms with Crippen LogP contribution in [0.4, 0.5) is 0 Å². The minimum atomic E-state index is 0.121. The van der Waals surface area contributed by atoms with Gasteiger partial charge in [0.25, 0.3) is 0 Å². The monoisotopic (exact) mass is 290 g/mol. The molecule has 6 heteroatoms. The first-order valence-corrected chi connectivity index (χ1v) is 7.46. The van der Waals surface area contributed by atoms with Crippen LogP contribution in [0.25, 0.3) is 0 Å². The quantitative estimate of drug-likeness (QED) is 0.912. The highest BCUT2D eigenvalue weighted by Gasteiger charge is 2.29. The van der Waals surface area contributed by atoms with Crippen LogP contribution >= 0.6 is 0 Å². The van der Waals surface area contributed by atoms with Gasteiger partial charge in [0.15, 0.2) is 5.76 Å². The average Bonchev–Trinajstić information content (AvgIpc) is 3.08. The maximum Gasteiger partial charge on any atom is 0.150 e. The van der Waals surface area contributed by atoms with Crippen LogP contribution in [-0.4, -0.2) is 28.1 Å². The second-order valence-electron chi connectivity index (χ2n) is 5.64. The number of rotatable bonds is 5. The molecule has 3 rings (SSSR count). The normalized spacial score (nSPS) is 22.6. The van der Waals surface area contributed by atoms with Gasteiger partial charge in [-0.25, -0.2) is 0 Å². The highest BCUT2D eigenvalue weighted by molar-refractivity contribution is 5.07. The van der Waals surface area contributed by atoms with Crippen LogP contribution in [0.1, 0.15) is 36.1 Å². The Hall–Kier alpha value is -1.66. The highest BCUT2D eigenvalue weighted by Crippen LogP contribution is 2.32. The van der Waals surface area contributed by atoms with Crippen LogP contribution in [0.15, 0.2) is 22.9 Å². The van der Waals surface area contributed by atoms with Gasteiger partial charge in [-0.05, 0) is 25.8 Å². The van der Waals surface area contributed by atoms with E-state index >= 15 is 0 Å². The molecule has 0 aliphatic carbocycles.